The first kappa shape index (κ1) is 15.8. The van der Waals surface area contributed by atoms with Crippen molar-refractivity contribution in [3.63, 3.8) is 0 Å². The van der Waals surface area contributed by atoms with E-state index < -0.39 is 6.04 Å². The molecule has 1 amide bonds. The molecule has 20 heavy (non-hydrogen) atoms. The predicted octanol–water partition coefficient (Wildman–Crippen LogP) is 1.13. The van der Waals surface area contributed by atoms with E-state index in [2.05, 4.69) is 16.7 Å². The summed E-state index contributed by atoms with van der Waals surface area (Å²) in [4.78, 5) is 11.8. The number of anilines is 1. The van der Waals surface area contributed by atoms with Crippen LogP contribution in [-0.4, -0.2) is 39.3 Å². The number of hydrogen-bond acceptors (Lipinski definition) is 5. The van der Waals surface area contributed by atoms with E-state index in [9.17, 15) is 4.79 Å². The van der Waals surface area contributed by atoms with Crippen molar-refractivity contribution in [2.75, 3.05) is 32.7 Å². The van der Waals surface area contributed by atoms with Gasteiger partial charge in [0, 0.05) is 19.7 Å². The van der Waals surface area contributed by atoms with Gasteiger partial charge < -0.3 is 20.1 Å². The predicted molar refractivity (Wildman–Crippen MR) is 75.7 cm³/mol. The highest BCUT2D eigenvalue weighted by Crippen LogP contribution is 2.22. The zero-order valence-electron chi connectivity index (χ0n) is 11.9. The van der Waals surface area contributed by atoms with Gasteiger partial charge in [-0.3, -0.25) is 4.79 Å². The van der Waals surface area contributed by atoms with Crippen LogP contribution in [0, 0.1) is 11.3 Å². The normalized spacial score (nSPS) is 11.3. The summed E-state index contributed by atoms with van der Waals surface area (Å²) >= 11 is 0. The standard InChI is InChI=1S/C14H19N3O3/c1-10(14(18)16-6-7-19-2)17-13-8-12(20-3)5-4-11(13)9-15/h4-5,8,10,17H,6-7H2,1-3H3,(H,16,18). The molecular weight excluding hydrogens is 258 g/mol. The Morgan fingerprint density at radius 2 is 2.20 bits per heavy atom. The molecule has 0 bridgehead atoms. The molecule has 6 nitrogen and oxygen atoms in total. The Balaban J connectivity index is 2.71. The quantitative estimate of drug-likeness (QED) is 0.730. The second-order valence-electron chi connectivity index (χ2n) is 4.17. The molecule has 108 valence electrons. The van der Waals surface area contributed by atoms with Gasteiger partial charge in [-0.1, -0.05) is 0 Å². The molecule has 1 atom stereocenters. The van der Waals surface area contributed by atoms with Crippen molar-refractivity contribution >= 4 is 11.6 Å². The van der Waals surface area contributed by atoms with Gasteiger partial charge in [0.25, 0.3) is 0 Å². The first-order valence-electron chi connectivity index (χ1n) is 6.23. The van der Waals surface area contributed by atoms with Gasteiger partial charge in [-0.15, -0.1) is 0 Å². The van der Waals surface area contributed by atoms with Crippen molar-refractivity contribution in [3.05, 3.63) is 23.8 Å². The fraction of sp³-hybridized carbons (Fsp3) is 0.429. The number of carbonyl (C=O) groups excluding carboxylic acids is 1. The number of nitrogens with zero attached hydrogens (tertiary/aromatic N) is 1. The Morgan fingerprint density at radius 3 is 2.80 bits per heavy atom. The highest BCUT2D eigenvalue weighted by atomic mass is 16.5. The number of nitriles is 1. The van der Waals surface area contributed by atoms with E-state index >= 15 is 0 Å². The molecule has 0 aromatic heterocycles. The molecule has 1 aromatic rings. The Labute approximate surface area is 118 Å². The van der Waals surface area contributed by atoms with Gasteiger partial charge in [0.15, 0.2) is 0 Å². The molecule has 0 fully saturated rings. The van der Waals surface area contributed by atoms with E-state index in [-0.39, 0.29) is 5.91 Å². The summed E-state index contributed by atoms with van der Waals surface area (Å²) in [6.07, 6.45) is 0. The summed E-state index contributed by atoms with van der Waals surface area (Å²) in [5.41, 5.74) is 1.03. The first-order chi connectivity index (χ1) is 9.62. The van der Waals surface area contributed by atoms with Gasteiger partial charge in [-0.2, -0.15) is 5.26 Å². The lowest BCUT2D eigenvalue weighted by molar-refractivity contribution is -0.121. The van der Waals surface area contributed by atoms with Crippen LogP contribution >= 0.6 is 0 Å². The molecule has 0 saturated carbocycles. The number of hydrogen-bond donors (Lipinski definition) is 2. The van der Waals surface area contributed by atoms with Gasteiger partial charge in [-0.05, 0) is 19.1 Å². The molecular formula is C14H19N3O3. The van der Waals surface area contributed by atoms with Crippen LogP contribution in [0.25, 0.3) is 0 Å². The molecule has 0 aliphatic heterocycles. The zero-order valence-corrected chi connectivity index (χ0v) is 11.9. The highest BCUT2D eigenvalue weighted by Gasteiger charge is 2.14. The van der Waals surface area contributed by atoms with E-state index in [1.54, 1.807) is 39.3 Å². The number of benzene rings is 1. The lowest BCUT2D eigenvalue weighted by atomic mass is 10.1. The van der Waals surface area contributed by atoms with E-state index in [1.807, 2.05) is 0 Å². The molecule has 0 saturated heterocycles. The summed E-state index contributed by atoms with van der Waals surface area (Å²) < 4.78 is 9.97. The van der Waals surface area contributed by atoms with Crippen molar-refractivity contribution in [1.82, 2.24) is 5.32 Å². The largest absolute Gasteiger partial charge is 0.497 e. The molecule has 2 N–H and O–H groups in total. The van der Waals surface area contributed by atoms with Crippen molar-refractivity contribution < 1.29 is 14.3 Å². The van der Waals surface area contributed by atoms with Crippen LogP contribution in [0.1, 0.15) is 12.5 Å². The monoisotopic (exact) mass is 277 g/mol. The molecule has 1 rings (SSSR count). The number of amides is 1. The Morgan fingerprint density at radius 1 is 1.45 bits per heavy atom. The third kappa shape index (κ3) is 4.44. The fourth-order valence-electron chi connectivity index (χ4n) is 1.60. The fourth-order valence-corrected chi connectivity index (χ4v) is 1.60. The lowest BCUT2D eigenvalue weighted by Gasteiger charge is -2.16. The van der Waals surface area contributed by atoms with Crippen molar-refractivity contribution in [3.8, 4) is 11.8 Å². The third-order valence-electron chi connectivity index (χ3n) is 2.72. The summed E-state index contributed by atoms with van der Waals surface area (Å²) in [6.45, 7) is 2.63. The molecule has 0 radical (unpaired) electrons. The van der Waals surface area contributed by atoms with Crippen LogP contribution in [0.4, 0.5) is 5.69 Å². The minimum Gasteiger partial charge on any atom is -0.497 e. The maximum absolute atomic E-state index is 11.8. The minimum absolute atomic E-state index is 0.159. The van der Waals surface area contributed by atoms with Gasteiger partial charge in [0.2, 0.25) is 5.91 Å². The van der Waals surface area contributed by atoms with E-state index in [1.165, 1.54) is 0 Å². The van der Waals surface area contributed by atoms with Crippen LogP contribution in [0.2, 0.25) is 0 Å². The Bertz CT molecular complexity index is 497. The average Bonchev–Trinajstić information content (AvgIpc) is 2.47. The van der Waals surface area contributed by atoms with Gasteiger partial charge in [0.1, 0.15) is 17.9 Å². The van der Waals surface area contributed by atoms with Crippen LogP contribution in [-0.2, 0) is 9.53 Å². The second kappa shape index (κ2) is 8.02. The Kier molecular flexibility index (Phi) is 6.33. The molecule has 0 aliphatic rings. The summed E-state index contributed by atoms with van der Waals surface area (Å²) in [5.74, 6) is 0.465. The Hall–Kier alpha value is -2.26. The third-order valence-corrected chi connectivity index (χ3v) is 2.72. The molecule has 1 aromatic carbocycles. The van der Waals surface area contributed by atoms with Crippen LogP contribution in [0.5, 0.6) is 5.75 Å². The van der Waals surface area contributed by atoms with E-state index in [0.29, 0.717) is 30.2 Å². The van der Waals surface area contributed by atoms with Crippen LogP contribution in [0.15, 0.2) is 18.2 Å². The number of rotatable bonds is 7. The van der Waals surface area contributed by atoms with E-state index in [4.69, 9.17) is 14.7 Å². The maximum atomic E-state index is 11.8. The van der Waals surface area contributed by atoms with Gasteiger partial charge in [-0.25, -0.2) is 0 Å². The molecule has 0 aliphatic carbocycles. The van der Waals surface area contributed by atoms with Crippen molar-refractivity contribution in [2.45, 2.75) is 13.0 Å². The van der Waals surface area contributed by atoms with Crippen LogP contribution < -0.4 is 15.4 Å². The minimum atomic E-state index is -0.467. The van der Waals surface area contributed by atoms with Gasteiger partial charge >= 0.3 is 0 Å². The number of ether oxygens (including phenoxy) is 2. The van der Waals surface area contributed by atoms with Crippen molar-refractivity contribution in [2.24, 2.45) is 0 Å². The summed E-state index contributed by atoms with van der Waals surface area (Å²) in [5, 5.41) is 14.8. The molecule has 6 heteroatoms. The number of nitrogens with one attached hydrogen (secondary N) is 2. The average molecular weight is 277 g/mol. The molecule has 1 unspecified atom stereocenters. The lowest BCUT2D eigenvalue weighted by Crippen LogP contribution is -2.39. The number of methoxy groups -OCH3 is 2. The SMILES string of the molecule is COCCNC(=O)C(C)Nc1cc(OC)ccc1C#N. The topological polar surface area (TPSA) is 83.4 Å². The summed E-state index contributed by atoms with van der Waals surface area (Å²) in [6, 6.07) is 6.65. The smallest absolute Gasteiger partial charge is 0.242 e. The van der Waals surface area contributed by atoms with Crippen molar-refractivity contribution in [1.29, 1.82) is 5.26 Å². The first-order valence-corrected chi connectivity index (χ1v) is 6.23. The van der Waals surface area contributed by atoms with Gasteiger partial charge in [0.05, 0.1) is 25.0 Å². The second-order valence-corrected chi connectivity index (χ2v) is 4.17. The maximum Gasteiger partial charge on any atom is 0.242 e. The number of carbonyl (C=O) groups is 1. The van der Waals surface area contributed by atoms with Crippen LogP contribution in [0.3, 0.4) is 0 Å². The molecule has 0 spiro atoms. The molecule has 0 heterocycles. The van der Waals surface area contributed by atoms with E-state index in [0.717, 1.165) is 0 Å². The zero-order chi connectivity index (χ0) is 15.0. The summed E-state index contributed by atoms with van der Waals surface area (Å²) in [7, 11) is 3.12. The highest BCUT2D eigenvalue weighted by molar-refractivity contribution is 5.84.